The molecule has 106 valence electrons. The molecule has 1 amide bonds. The van der Waals surface area contributed by atoms with Crippen LogP contribution in [0.5, 0.6) is 0 Å². The van der Waals surface area contributed by atoms with Crippen molar-refractivity contribution in [2.75, 3.05) is 12.4 Å². The first-order valence-electron chi connectivity index (χ1n) is 6.30. The minimum atomic E-state index is -0.638. The number of aryl methyl sites for hydroxylation is 1. The minimum absolute atomic E-state index is 0.106. The molecule has 7 nitrogen and oxygen atoms in total. The van der Waals surface area contributed by atoms with Crippen LogP contribution in [-0.2, 0) is 4.79 Å². The van der Waals surface area contributed by atoms with Gasteiger partial charge in [0, 0.05) is 5.69 Å². The van der Waals surface area contributed by atoms with E-state index in [0.717, 1.165) is 5.69 Å². The molecule has 0 fully saturated rings. The van der Waals surface area contributed by atoms with Gasteiger partial charge in [0.1, 0.15) is 0 Å². The third-order valence-corrected chi connectivity index (χ3v) is 3.17. The van der Waals surface area contributed by atoms with Gasteiger partial charge in [-0.3, -0.25) is 4.79 Å². The summed E-state index contributed by atoms with van der Waals surface area (Å²) < 4.78 is 1.61. The summed E-state index contributed by atoms with van der Waals surface area (Å²) in [5.41, 5.74) is 0.860. The smallest absolute Gasteiger partial charge is 0.244 e. The fraction of sp³-hybridized carbons (Fsp3) is 0.385. The van der Waals surface area contributed by atoms with Crippen LogP contribution < -0.4 is 10.6 Å². The van der Waals surface area contributed by atoms with E-state index in [1.54, 1.807) is 11.7 Å². The van der Waals surface area contributed by atoms with Crippen LogP contribution in [0, 0.1) is 6.92 Å². The van der Waals surface area contributed by atoms with E-state index in [1.807, 2.05) is 45.0 Å². The average molecular weight is 274 g/mol. The lowest BCUT2D eigenvalue weighted by atomic mass is 10.1. The maximum atomic E-state index is 12.1. The van der Waals surface area contributed by atoms with Crippen LogP contribution in [0.3, 0.4) is 0 Å². The summed E-state index contributed by atoms with van der Waals surface area (Å²) in [6.07, 6.45) is 0. The van der Waals surface area contributed by atoms with Crippen LogP contribution >= 0.6 is 0 Å². The zero-order valence-corrected chi connectivity index (χ0v) is 12.0. The van der Waals surface area contributed by atoms with Crippen molar-refractivity contribution in [2.24, 2.45) is 0 Å². The van der Waals surface area contributed by atoms with Gasteiger partial charge in [-0.1, -0.05) is 6.07 Å². The predicted molar refractivity (Wildman–Crippen MR) is 75.7 cm³/mol. The number of carbonyl (C=O) groups is 1. The van der Waals surface area contributed by atoms with Crippen LogP contribution in [0.2, 0.25) is 0 Å². The molecule has 0 aliphatic carbocycles. The van der Waals surface area contributed by atoms with E-state index in [0.29, 0.717) is 11.5 Å². The first-order valence-corrected chi connectivity index (χ1v) is 6.30. The number of tetrazole rings is 1. The second-order valence-electron chi connectivity index (χ2n) is 5.02. The molecular weight excluding hydrogens is 256 g/mol. The second kappa shape index (κ2) is 5.38. The van der Waals surface area contributed by atoms with Crippen molar-refractivity contribution in [2.45, 2.75) is 26.3 Å². The number of hydrogen-bond acceptors (Lipinski definition) is 5. The summed E-state index contributed by atoms with van der Waals surface area (Å²) in [4.78, 5) is 12.1. The number of hydrogen-bond donors (Lipinski definition) is 2. The highest BCUT2D eigenvalue weighted by molar-refractivity contribution is 5.97. The Morgan fingerprint density at radius 1 is 1.35 bits per heavy atom. The summed E-state index contributed by atoms with van der Waals surface area (Å²) in [7, 11) is 1.75. The molecule has 1 aromatic heterocycles. The normalized spacial score (nSPS) is 11.4. The third kappa shape index (κ3) is 2.83. The number of likely N-dealkylation sites (N-methyl/N-ethyl adjacent to an activating group) is 1. The molecular formula is C13H18N6O. The van der Waals surface area contributed by atoms with Gasteiger partial charge in [0.2, 0.25) is 5.91 Å². The minimum Gasteiger partial charge on any atom is -0.324 e. The van der Waals surface area contributed by atoms with Crippen LogP contribution in [0.25, 0.3) is 5.69 Å². The van der Waals surface area contributed by atoms with Gasteiger partial charge in [0.15, 0.2) is 5.82 Å². The molecule has 0 saturated carbocycles. The molecule has 20 heavy (non-hydrogen) atoms. The maximum absolute atomic E-state index is 12.1. The third-order valence-electron chi connectivity index (χ3n) is 3.17. The molecule has 0 aliphatic rings. The summed E-state index contributed by atoms with van der Waals surface area (Å²) in [6, 6.07) is 7.38. The maximum Gasteiger partial charge on any atom is 0.244 e. The van der Waals surface area contributed by atoms with Gasteiger partial charge >= 0.3 is 0 Å². The van der Waals surface area contributed by atoms with Gasteiger partial charge in [-0.05, 0) is 56.4 Å². The number of carbonyl (C=O) groups excluding carboxylic acids is 1. The molecule has 1 aromatic carbocycles. The van der Waals surface area contributed by atoms with Gasteiger partial charge in [-0.15, -0.1) is 5.10 Å². The standard InChI is InChI=1S/C13H18N6O/c1-9-16-17-18-19(9)11-7-5-6-10(8-11)15-12(20)13(2,3)14-4/h5-8,14H,1-4H3,(H,15,20). The fourth-order valence-corrected chi connectivity index (χ4v) is 1.59. The van der Waals surface area contributed by atoms with Gasteiger partial charge in [-0.25, -0.2) is 0 Å². The number of benzene rings is 1. The SMILES string of the molecule is CNC(C)(C)C(=O)Nc1cccc(-n2nnnc2C)c1. The molecule has 2 N–H and O–H groups in total. The highest BCUT2D eigenvalue weighted by Gasteiger charge is 2.25. The lowest BCUT2D eigenvalue weighted by Crippen LogP contribution is -2.47. The first-order chi connectivity index (χ1) is 9.44. The molecule has 0 radical (unpaired) electrons. The monoisotopic (exact) mass is 274 g/mol. The summed E-state index contributed by atoms with van der Waals surface area (Å²) in [5.74, 6) is 0.578. The molecule has 0 aliphatic heterocycles. The fourth-order valence-electron chi connectivity index (χ4n) is 1.59. The number of nitrogens with zero attached hydrogens (tertiary/aromatic N) is 4. The van der Waals surface area contributed by atoms with Crippen molar-refractivity contribution in [1.29, 1.82) is 0 Å². The van der Waals surface area contributed by atoms with Gasteiger partial charge in [0.05, 0.1) is 11.2 Å². The Bertz CT molecular complexity index is 619. The average Bonchev–Trinajstić information content (AvgIpc) is 2.85. The van der Waals surface area contributed by atoms with E-state index in [9.17, 15) is 4.79 Å². The highest BCUT2D eigenvalue weighted by atomic mass is 16.2. The quantitative estimate of drug-likeness (QED) is 0.865. The Morgan fingerprint density at radius 2 is 2.10 bits per heavy atom. The summed E-state index contributed by atoms with van der Waals surface area (Å²) >= 11 is 0. The van der Waals surface area contributed by atoms with E-state index >= 15 is 0 Å². The van der Waals surface area contributed by atoms with Gasteiger partial charge < -0.3 is 10.6 Å². The van der Waals surface area contributed by atoms with E-state index in [-0.39, 0.29) is 5.91 Å². The van der Waals surface area contributed by atoms with Gasteiger partial charge in [-0.2, -0.15) is 4.68 Å². The molecule has 0 atom stereocenters. The Hall–Kier alpha value is -2.28. The van der Waals surface area contributed by atoms with E-state index in [2.05, 4.69) is 26.2 Å². The van der Waals surface area contributed by atoms with Crippen molar-refractivity contribution >= 4 is 11.6 Å². The molecule has 2 aromatic rings. The van der Waals surface area contributed by atoms with Gasteiger partial charge in [0.25, 0.3) is 0 Å². The lowest BCUT2D eigenvalue weighted by molar-refractivity contribution is -0.121. The molecule has 0 saturated heterocycles. The number of amides is 1. The van der Waals surface area contributed by atoms with Crippen molar-refractivity contribution < 1.29 is 4.79 Å². The number of aromatic nitrogens is 4. The predicted octanol–water partition coefficient (Wildman–Crippen LogP) is 0.907. The largest absolute Gasteiger partial charge is 0.324 e. The van der Waals surface area contributed by atoms with Crippen molar-refractivity contribution in [3.05, 3.63) is 30.1 Å². The molecule has 7 heteroatoms. The first kappa shape index (κ1) is 14.1. The Morgan fingerprint density at radius 3 is 2.70 bits per heavy atom. The Labute approximate surface area is 117 Å². The van der Waals surface area contributed by atoms with Crippen molar-refractivity contribution in [1.82, 2.24) is 25.5 Å². The number of nitrogens with one attached hydrogen (secondary N) is 2. The van der Waals surface area contributed by atoms with E-state index < -0.39 is 5.54 Å². The molecule has 0 spiro atoms. The molecule has 2 rings (SSSR count). The second-order valence-corrected chi connectivity index (χ2v) is 5.02. The van der Waals surface area contributed by atoms with Crippen molar-refractivity contribution in [3.8, 4) is 5.69 Å². The zero-order chi connectivity index (χ0) is 14.8. The molecule has 0 bridgehead atoms. The molecule has 0 unspecified atom stereocenters. The van der Waals surface area contributed by atoms with Crippen molar-refractivity contribution in [3.63, 3.8) is 0 Å². The van der Waals surface area contributed by atoms with E-state index in [1.165, 1.54) is 0 Å². The van der Waals surface area contributed by atoms with Crippen LogP contribution in [0.15, 0.2) is 24.3 Å². The lowest BCUT2D eigenvalue weighted by Gasteiger charge is -2.22. The summed E-state index contributed by atoms with van der Waals surface area (Å²) in [5, 5.41) is 17.2. The number of rotatable bonds is 4. The molecule has 1 heterocycles. The highest BCUT2D eigenvalue weighted by Crippen LogP contribution is 2.16. The van der Waals surface area contributed by atoms with E-state index in [4.69, 9.17) is 0 Å². The zero-order valence-electron chi connectivity index (χ0n) is 12.0. The Kier molecular flexibility index (Phi) is 3.80. The van der Waals surface area contributed by atoms with Crippen LogP contribution in [0.4, 0.5) is 5.69 Å². The Balaban J connectivity index is 2.23. The van der Waals surface area contributed by atoms with Crippen LogP contribution in [-0.4, -0.2) is 38.7 Å². The summed E-state index contributed by atoms with van der Waals surface area (Å²) in [6.45, 7) is 5.45. The topological polar surface area (TPSA) is 84.7 Å². The van der Waals surface area contributed by atoms with Crippen LogP contribution in [0.1, 0.15) is 19.7 Å². The number of anilines is 1.